The Labute approximate surface area is 231 Å². The van der Waals surface area contributed by atoms with E-state index in [4.69, 9.17) is 4.74 Å². The first-order valence-corrected chi connectivity index (χ1v) is 12.2. The maximum atomic E-state index is 13.3. The van der Waals surface area contributed by atoms with E-state index in [0.29, 0.717) is 5.56 Å². The Hall–Kier alpha value is -4.42. The molecule has 13 heteroatoms. The topological polar surface area (TPSA) is 85.9 Å². The monoisotopic (exact) mass is 584 g/mol. The van der Waals surface area contributed by atoms with Gasteiger partial charge in [-0.2, -0.15) is 0 Å². The Balaban J connectivity index is 2.21. The standard InChI is InChI=1S/C28H26F6N2O5/c1-3-39-24(37)18(2)35-25(38)36-26(17-19-9-5-4-6-10-19,20-11-7-13-22(15-20)40-27(29,30)31)21-12-8-14-23(16-21)41-28(32,33)34/h4-16,18H,3,17H2,1-2H3,(H2,35,36,38)/t18-/m1/s1. The minimum Gasteiger partial charge on any atom is -0.464 e. The molecule has 3 aromatic rings. The van der Waals surface area contributed by atoms with Gasteiger partial charge in [0.25, 0.3) is 0 Å². The van der Waals surface area contributed by atoms with Crippen LogP contribution in [0.3, 0.4) is 0 Å². The number of ether oxygens (including phenoxy) is 3. The number of halogens is 6. The van der Waals surface area contributed by atoms with E-state index < -0.39 is 47.8 Å². The molecular formula is C28H26F6N2O5. The van der Waals surface area contributed by atoms with Gasteiger partial charge in [-0.1, -0.05) is 54.6 Å². The molecule has 0 radical (unpaired) electrons. The maximum Gasteiger partial charge on any atom is 0.573 e. The van der Waals surface area contributed by atoms with E-state index in [2.05, 4.69) is 20.1 Å². The van der Waals surface area contributed by atoms with Crippen molar-refractivity contribution in [1.82, 2.24) is 10.6 Å². The molecule has 7 nitrogen and oxygen atoms in total. The van der Waals surface area contributed by atoms with Gasteiger partial charge in [0.05, 0.1) is 12.1 Å². The molecule has 0 unspecified atom stereocenters. The highest BCUT2D eigenvalue weighted by molar-refractivity contribution is 5.84. The van der Waals surface area contributed by atoms with Gasteiger partial charge in [-0.15, -0.1) is 26.3 Å². The summed E-state index contributed by atoms with van der Waals surface area (Å²) in [6.45, 7) is 2.97. The largest absolute Gasteiger partial charge is 0.573 e. The SMILES string of the molecule is CCOC(=O)[C@@H](C)NC(=O)NC(Cc1ccccc1)(c1cccc(OC(F)(F)F)c1)c1cccc(OC(F)(F)F)c1. The highest BCUT2D eigenvalue weighted by atomic mass is 19.4. The smallest absolute Gasteiger partial charge is 0.464 e. The summed E-state index contributed by atoms with van der Waals surface area (Å²) in [5.41, 5.74) is -1.16. The molecule has 41 heavy (non-hydrogen) atoms. The van der Waals surface area contributed by atoms with Crippen LogP contribution in [0.25, 0.3) is 0 Å². The molecule has 0 aliphatic carbocycles. The molecule has 1 atom stereocenters. The zero-order valence-electron chi connectivity index (χ0n) is 21.8. The van der Waals surface area contributed by atoms with E-state index in [1.54, 1.807) is 37.3 Å². The van der Waals surface area contributed by atoms with Gasteiger partial charge in [0, 0.05) is 6.42 Å². The van der Waals surface area contributed by atoms with Crippen molar-refractivity contribution in [3.8, 4) is 11.5 Å². The van der Waals surface area contributed by atoms with Crippen LogP contribution in [0.5, 0.6) is 11.5 Å². The fourth-order valence-electron chi connectivity index (χ4n) is 4.13. The second-order valence-corrected chi connectivity index (χ2v) is 8.79. The van der Waals surface area contributed by atoms with E-state index >= 15 is 0 Å². The summed E-state index contributed by atoms with van der Waals surface area (Å²) in [5.74, 6) is -2.01. The maximum absolute atomic E-state index is 13.3. The minimum atomic E-state index is -5.04. The molecule has 0 fully saturated rings. The van der Waals surface area contributed by atoms with Gasteiger partial charge in [0.15, 0.2) is 0 Å². The molecule has 0 aliphatic rings. The van der Waals surface area contributed by atoms with E-state index in [1.165, 1.54) is 31.2 Å². The van der Waals surface area contributed by atoms with Gasteiger partial charge in [-0.3, -0.25) is 0 Å². The van der Waals surface area contributed by atoms with Gasteiger partial charge in [-0.25, -0.2) is 9.59 Å². The van der Waals surface area contributed by atoms with Crippen LogP contribution in [0.2, 0.25) is 0 Å². The van der Waals surface area contributed by atoms with Crippen LogP contribution in [-0.2, 0) is 21.5 Å². The van der Waals surface area contributed by atoms with Crippen molar-refractivity contribution < 1.29 is 50.1 Å². The molecule has 0 saturated heterocycles. The van der Waals surface area contributed by atoms with Crippen LogP contribution >= 0.6 is 0 Å². The van der Waals surface area contributed by atoms with Gasteiger partial charge < -0.3 is 24.8 Å². The molecule has 0 aliphatic heterocycles. The number of carbonyl (C=O) groups is 2. The van der Waals surface area contributed by atoms with Crippen molar-refractivity contribution in [3.63, 3.8) is 0 Å². The summed E-state index contributed by atoms with van der Waals surface area (Å²) in [7, 11) is 0. The van der Waals surface area contributed by atoms with Crippen LogP contribution in [0.1, 0.15) is 30.5 Å². The number of rotatable bonds is 10. The molecular weight excluding hydrogens is 558 g/mol. The summed E-state index contributed by atoms with van der Waals surface area (Å²) >= 11 is 0. The zero-order valence-corrected chi connectivity index (χ0v) is 21.8. The van der Waals surface area contributed by atoms with E-state index in [9.17, 15) is 35.9 Å². The summed E-state index contributed by atoms with van der Waals surface area (Å²) in [6, 6.07) is 15.7. The van der Waals surface area contributed by atoms with Crippen molar-refractivity contribution in [2.24, 2.45) is 0 Å². The van der Waals surface area contributed by atoms with Gasteiger partial charge in [0.2, 0.25) is 0 Å². The number of hydrogen-bond donors (Lipinski definition) is 2. The number of benzene rings is 3. The van der Waals surface area contributed by atoms with Crippen LogP contribution in [-0.4, -0.2) is 37.4 Å². The first-order valence-electron chi connectivity index (χ1n) is 12.2. The molecule has 0 spiro atoms. The predicted octanol–water partition coefficient (Wildman–Crippen LogP) is 6.22. The van der Waals surface area contributed by atoms with Gasteiger partial charge in [-0.05, 0) is 54.8 Å². The lowest BCUT2D eigenvalue weighted by Gasteiger charge is -2.37. The molecule has 0 heterocycles. The molecule has 0 bridgehead atoms. The van der Waals surface area contributed by atoms with Crippen molar-refractivity contribution >= 4 is 12.0 Å². The molecule has 2 N–H and O–H groups in total. The molecule has 2 amide bonds. The Morgan fingerprint density at radius 3 is 1.76 bits per heavy atom. The third-order valence-corrected chi connectivity index (χ3v) is 5.75. The van der Waals surface area contributed by atoms with Crippen LogP contribution in [0.4, 0.5) is 31.1 Å². The number of urea groups is 1. The van der Waals surface area contributed by atoms with Crippen LogP contribution in [0.15, 0.2) is 78.9 Å². The van der Waals surface area contributed by atoms with Crippen molar-refractivity contribution in [2.45, 2.75) is 44.6 Å². The van der Waals surface area contributed by atoms with Gasteiger partial charge >= 0.3 is 24.7 Å². The fraction of sp³-hybridized carbons (Fsp3) is 0.286. The van der Waals surface area contributed by atoms with Crippen molar-refractivity contribution in [2.75, 3.05) is 6.61 Å². The lowest BCUT2D eigenvalue weighted by Crippen LogP contribution is -2.54. The predicted molar refractivity (Wildman–Crippen MR) is 135 cm³/mol. The van der Waals surface area contributed by atoms with Crippen LogP contribution < -0.4 is 20.1 Å². The summed E-state index contributed by atoms with van der Waals surface area (Å²) < 4.78 is 91.5. The number of nitrogens with one attached hydrogen (secondary N) is 2. The average Bonchev–Trinajstić information content (AvgIpc) is 2.87. The third kappa shape index (κ3) is 9.05. The fourth-order valence-corrected chi connectivity index (χ4v) is 4.13. The summed E-state index contributed by atoms with van der Waals surface area (Å²) in [5, 5.41) is 5.09. The second kappa shape index (κ2) is 12.8. The first-order chi connectivity index (χ1) is 19.2. The highest BCUT2D eigenvalue weighted by Crippen LogP contribution is 2.38. The number of hydrogen-bond acceptors (Lipinski definition) is 5. The molecule has 3 rings (SSSR count). The number of carbonyl (C=O) groups excluding carboxylic acids is 2. The molecule has 3 aromatic carbocycles. The van der Waals surface area contributed by atoms with Gasteiger partial charge in [0.1, 0.15) is 17.5 Å². The minimum absolute atomic E-state index is 0.0335. The Kier molecular flexibility index (Phi) is 9.74. The molecule has 0 saturated carbocycles. The Bertz CT molecular complexity index is 1270. The Morgan fingerprint density at radius 1 is 0.780 bits per heavy atom. The van der Waals surface area contributed by atoms with E-state index in [-0.39, 0.29) is 24.2 Å². The van der Waals surface area contributed by atoms with Crippen LogP contribution in [0, 0.1) is 0 Å². The average molecular weight is 585 g/mol. The number of alkyl halides is 6. The highest BCUT2D eigenvalue weighted by Gasteiger charge is 2.39. The van der Waals surface area contributed by atoms with Crippen molar-refractivity contribution in [1.29, 1.82) is 0 Å². The van der Waals surface area contributed by atoms with E-state index in [1.807, 2.05) is 0 Å². The quantitative estimate of drug-likeness (QED) is 0.218. The molecule has 0 aromatic heterocycles. The molecule has 220 valence electrons. The lowest BCUT2D eigenvalue weighted by molar-refractivity contribution is -0.275. The first kappa shape index (κ1) is 31.1. The normalized spacial score (nSPS) is 12.7. The number of amides is 2. The number of esters is 1. The summed E-state index contributed by atoms with van der Waals surface area (Å²) in [6.07, 6.45) is -10.2. The Morgan fingerprint density at radius 2 is 1.29 bits per heavy atom. The third-order valence-electron chi connectivity index (χ3n) is 5.75. The van der Waals surface area contributed by atoms with Crippen molar-refractivity contribution in [3.05, 3.63) is 95.6 Å². The van der Waals surface area contributed by atoms with E-state index in [0.717, 1.165) is 24.3 Å². The lowest BCUT2D eigenvalue weighted by atomic mass is 9.77. The zero-order chi connectivity index (χ0) is 30.3. The summed E-state index contributed by atoms with van der Waals surface area (Å²) in [4.78, 5) is 25.4. The second-order valence-electron chi connectivity index (χ2n) is 8.79.